The maximum atomic E-state index is 3.97. The molecule has 0 aliphatic heterocycles. The molecule has 0 amide bonds. The van der Waals surface area contributed by atoms with Gasteiger partial charge in [-0.3, -0.25) is 0 Å². The molecule has 1 aromatic rings. The molecule has 3 nitrogen and oxygen atoms in total. The fourth-order valence-electron chi connectivity index (χ4n) is 1.09. The minimum atomic E-state index is 0.851. The van der Waals surface area contributed by atoms with Crippen LogP contribution < -0.4 is 0 Å². The van der Waals surface area contributed by atoms with Gasteiger partial charge in [-0.25, -0.2) is 0 Å². The number of rotatable bonds is 5. The molecule has 0 aromatic carbocycles. The van der Waals surface area contributed by atoms with E-state index in [1.54, 1.807) is 6.33 Å². The number of hydrogen-bond donors (Lipinski definition) is 0. The van der Waals surface area contributed by atoms with Crippen LogP contribution in [0.15, 0.2) is 37.2 Å². The molecule has 0 fully saturated rings. The van der Waals surface area contributed by atoms with Crippen molar-refractivity contribution < 1.29 is 0 Å². The molecule has 74 valence electrons. The smallest absolute Gasteiger partial charge is 0.156 e. The van der Waals surface area contributed by atoms with Crippen LogP contribution in [0.25, 0.3) is 6.08 Å². The molecule has 1 aromatic heterocycles. The van der Waals surface area contributed by atoms with Gasteiger partial charge in [-0.05, 0) is 24.5 Å². The fraction of sp³-hybridized carbons (Fsp3) is 0.273. The van der Waals surface area contributed by atoms with Crippen molar-refractivity contribution in [1.82, 2.24) is 14.8 Å². The molecule has 0 radical (unpaired) electrons. The van der Waals surface area contributed by atoms with Gasteiger partial charge in [0.1, 0.15) is 6.33 Å². The normalized spacial score (nSPS) is 11.4. The molecule has 0 saturated heterocycles. The fourth-order valence-corrected chi connectivity index (χ4v) is 1.09. The van der Waals surface area contributed by atoms with Crippen molar-refractivity contribution in [1.29, 1.82) is 0 Å². The first-order chi connectivity index (χ1) is 6.77. The first-order valence-corrected chi connectivity index (χ1v) is 4.56. The Morgan fingerprint density at radius 2 is 2.36 bits per heavy atom. The molecule has 0 unspecified atom stereocenters. The first-order valence-electron chi connectivity index (χ1n) is 4.56. The summed E-state index contributed by atoms with van der Waals surface area (Å²) < 4.78 is 1.87. The van der Waals surface area contributed by atoms with E-state index < -0.39 is 0 Å². The van der Waals surface area contributed by atoms with Crippen molar-refractivity contribution in [3.63, 3.8) is 0 Å². The summed E-state index contributed by atoms with van der Waals surface area (Å²) >= 11 is 0. The zero-order valence-corrected chi connectivity index (χ0v) is 8.48. The van der Waals surface area contributed by atoms with E-state index in [0.717, 1.165) is 24.2 Å². The lowest BCUT2D eigenvalue weighted by Crippen LogP contribution is -1.90. The lowest BCUT2D eigenvalue weighted by molar-refractivity contribution is 0.892. The number of hydrogen-bond acceptors (Lipinski definition) is 2. The van der Waals surface area contributed by atoms with Crippen LogP contribution in [0.2, 0.25) is 0 Å². The van der Waals surface area contributed by atoms with Gasteiger partial charge in [-0.1, -0.05) is 18.7 Å². The maximum Gasteiger partial charge on any atom is 0.156 e. The Morgan fingerprint density at radius 3 is 2.86 bits per heavy atom. The molecule has 0 bridgehead atoms. The van der Waals surface area contributed by atoms with Gasteiger partial charge in [0.2, 0.25) is 0 Å². The van der Waals surface area contributed by atoms with Crippen LogP contribution >= 0.6 is 0 Å². The van der Waals surface area contributed by atoms with Crippen molar-refractivity contribution in [2.24, 2.45) is 7.05 Å². The van der Waals surface area contributed by atoms with Crippen LogP contribution in [0.4, 0.5) is 0 Å². The second kappa shape index (κ2) is 5.17. The highest BCUT2D eigenvalue weighted by Gasteiger charge is 1.97. The second-order valence-corrected chi connectivity index (χ2v) is 3.05. The van der Waals surface area contributed by atoms with Gasteiger partial charge < -0.3 is 4.57 Å². The predicted molar refractivity (Wildman–Crippen MR) is 58.6 cm³/mol. The number of aryl methyl sites for hydroxylation is 1. The molecule has 3 heteroatoms. The highest BCUT2D eigenvalue weighted by atomic mass is 15.2. The molecular weight excluding hydrogens is 174 g/mol. The Bertz CT molecular complexity index is 347. The van der Waals surface area contributed by atoms with Crippen molar-refractivity contribution >= 4 is 6.08 Å². The van der Waals surface area contributed by atoms with Crippen molar-refractivity contribution in [2.45, 2.75) is 12.8 Å². The largest absolute Gasteiger partial charge is 0.317 e. The lowest BCUT2D eigenvalue weighted by atomic mass is 10.1. The Kier molecular flexibility index (Phi) is 3.85. The molecule has 0 saturated carbocycles. The highest BCUT2D eigenvalue weighted by molar-refractivity contribution is 5.49. The summed E-state index contributed by atoms with van der Waals surface area (Å²) in [5, 5.41) is 7.78. The van der Waals surface area contributed by atoms with E-state index in [-0.39, 0.29) is 0 Å². The molecular formula is C11H15N3. The maximum absolute atomic E-state index is 3.97. The van der Waals surface area contributed by atoms with E-state index >= 15 is 0 Å². The topological polar surface area (TPSA) is 30.7 Å². The second-order valence-electron chi connectivity index (χ2n) is 3.05. The average molecular weight is 189 g/mol. The zero-order chi connectivity index (χ0) is 10.4. The minimum absolute atomic E-state index is 0.851. The Hall–Kier alpha value is -1.64. The molecule has 0 atom stereocenters. The average Bonchev–Trinajstić information content (AvgIpc) is 2.59. The molecule has 1 heterocycles. The number of nitrogens with zero attached hydrogens (tertiary/aromatic N) is 3. The van der Waals surface area contributed by atoms with Gasteiger partial charge in [0, 0.05) is 7.05 Å². The number of allylic oxidation sites excluding steroid dienone is 3. The van der Waals surface area contributed by atoms with Crippen LogP contribution in [0, 0.1) is 0 Å². The van der Waals surface area contributed by atoms with E-state index in [1.165, 1.54) is 0 Å². The lowest BCUT2D eigenvalue weighted by Gasteiger charge is -1.99. The van der Waals surface area contributed by atoms with E-state index in [9.17, 15) is 0 Å². The summed E-state index contributed by atoms with van der Waals surface area (Å²) in [7, 11) is 1.92. The SMILES string of the molecule is C=CCC/C(C=C)=C/c1nncn1C. The Morgan fingerprint density at radius 1 is 1.57 bits per heavy atom. The van der Waals surface area contributed by atoms with E-state index in [1.807, 2.05) is 29.8 Å². The van der Waals surface area contributed by atoms with Gasteiger partial charge in [0.25, 0.3) is 0 Å². The van der Waals surface area contributed by atoms with Crippen LogP contribution in [0.3, 0.4) is 0 Å². The monoisotopic (exact) mass is 189 g/mol. The Balaban J connectivity index is 2.78. The quantitative estimate of drug-likeness (QED) is 0.526. The molecule has 14 heavy (non-hydrogen) atoms. The van der Waals surface area contributed by atoms with Gasteiger partial charge in [-0.15, -0.1) is 16.8 Å². The molecule has 0 aliphatic carbocycles. The van der Waals surface area contributed by atoms with Crippen LogP contribution in [0.1, 0.15) is 18.7 Å². The summed E-state index contributed by atoms with van der Waals surface area (Å²) in [6.45, 7) is 7.45. The van der Waals surface area contributed by atoms with E-state index in [0.29, 0.717) is 0 Å². The molecule has 0 N–H and O–H groups in total. The van der Waals surface area contributed by atoms with Gasteiger partial charge in [0.15, 0.2) is 5.82 Å². The van der Waals surface area contributed by atoms with Crippen LogP contribution in [-0.2, 0) is 7.05 Å². The summed E-state index contributed by atoms with van der Waals surface area (Å²) in [5.74, 6) is 0.851. The highest BCUT2D eigenvalue weighted by Crippen LogP contribution is 2.10. The third kappa shape index (κ3) is 2.69. The summed E-state index contributed by atoms with van der Waals surface area (Å²) in [4.78, 5) is 0. The summed E-state index contributed by atoms with van der Waals surface area (Å²) in [6.07, 6.45) is 9.31. The summed E-state index contributed by atoms with van der Waals surface area (Å²) in [5.41, 5.74) is 1.15. The summed E-state index contributed by atoms with van der Waals surface area (Å²) in [6, 6.07) is 0. The molecule has 0 aliphatic rings. The molecule has 1 rings (SSSR count). The van der Waals surface area contributed by atoms with Crippen LogP contribution in [-0.4, -0.2) is 14.8 Å². The first kappa shape index (κ1) is 10.4. The third-order valence-electron chi connectivity index (χ3n) is 1.96. The van der Waals surface area contributed by atoms with Crippen molar-refractivity contribution in [3.05, 3.63) is 43.0 Å². The zero-order valence-electron chi connectivity index (χ0n) is 8.48. The minimum Gasteiger partial charge on any atom is -0.317 e. The standard InChI is InChI=1S/C11H15N3/c1-4-6-7-10(5-2)8-11-13-12-9-14(11)3/h4-5,8-9H,1-2,6-7H2,3H3/b10-8+. The van der Waals surface area contributed by atoms with Gasteiger partial charge in [0.05, 0.1) is 0 Å². The van der Waals surface area contributed by atoms with Crippen LogP contribution in [0.5, 0.6) is 0 Å². The third-order valence-corrected chi connectivity index (χ3v) is 1.96. The molecule has 0 spiro atoms. The van der Waals surface area contributed by atoms with Gasteiger partial charge >= 0.3 is 0 Å². The van der Waals surface area contributed by atoms with E-state index in [2.05, 4.69) is 23.4 Å². The number of aromatic nitrogens is 3. The Labute approximate surface area is 84.5 Å². The van der Waals surface area contributed by atoms with E-state index in [4.69, 9.17) is 0 Å². The van der Waals surface area contributed by atoms with Crippen molar-refractivity contribution in [3.8, 4) is 0 Å². The van der Waals surface area contributed by atoms with Crippen molar-refractivity contribution in [2.75, 3.05) is 0 Å². The van der Waals surface area contributed by atoms with Gasteiger partial charge in [-0.2, -0.15) is 0 Å². The predicted octanol–water partition coefficient (Wildman–Crippen LogP) is 2.35.